The van der Waals surface area contributed by atoms with E-state index >= 15 is 0 Å². The Hall–Kier alpha value is 0.210. The van der Waals surface area contributed by atoms with Gasteiger partial charge >= 0.3 is 0 Å². The van der Waals surface area contributed by atoms with Crippen LogP contribution < -0.4 is 17.7 Å². The predicted molar refractivity (Wildman–Crippen MR) is 98.3 cm³/mol. The quantitative estimate of drug-likeness (QED) is 0.343. The van der Waals surface area contributed by atoms with Gasteiger partial charge in [-0.15, -0.1) is 0 Å². The van der Waals surface area contributed by atoms with Gasteiger partial charge in [-0.2, -0.15) is 0 Å². The molecule has 2 nitrogen and oxygen atoms in total. The smallest absolute Gasteiger partial charge is 0.0990 e. The molecule has 3 N–H and O–H groups in total. The van der Waals surface area contributed by atoms with Crippen LogP contribution in [0, 0.1) is 0 Å². The van der Waals surface area contributed by atoms with E-state index in [-0.39, 0.29) is 12.4 Å². The third kappa shape index (κ3) is 24.6. The molecule has 0 amide bonds. The summed E-state index contributed by atoms with van der Waals surface area (Å²) >= 11 is 0. The molecular weight excluding hydrogens is 306 g/mol. The molecule has 0 aliphatic heterocycles. The fourth-order valence-electron chi connectivity index (χ4n) is 3.07. The lowest BCUT2D eigenvalue weighted by molar-refractivity contribution is -0.656. The largest absolute Gasteiger partial charge is 1.00 e. The number of rotatable bonds is 19. The van der Waals surface area contributed by atoms with Gasteiger partial charge in [0.05, 0.1) is 19.7 Å². The van der Waals surface area contributed by atoms with Crippen molar-refractivity contribution >= 4 is 0 Å². The van der Waals surface area contributed by atoms with E-state index in [1.807, 2.05) is 0 Å². The van der Waals surface area contributed by atoms with Gasteiger partial charge < -0.3 is 22.8 Å². The molecule has 142 valence electrons. The average Bonchev–Trinajstić information content (AvgIpc) is 2.54. The Balaban J connectivity index is 0. The Kier molecular flexibility index (Phi) is 27.1. The van der Waals surface area contributed by atoms with Crippen LogP contribution in [-0.4, -0.2) is 24.8 Å². The zero-order valence-corrected chi connectivity index (χ0v) is 16.6. The second kappa shape index (κ2) is 24.5. The Morgan fingerprint density at radius 2 is 0.870 bits per heavy atom. The fourth-order valence-corrected chi connectivity index (χ4v) is 3.07. The molecule has 0 saturated heterocycles. The molecule has 23 heavy (non-hydrogen) atoms. The van der Waals surface area contributed by atoms with E-state index in [0.29, 0.717) is 6.61 Å². The van der Waals surface area contributed by atoms with Crippen LogP contribution in [0.5, 0.6) is 0 Å². The minimum atomic E-state index is 0. The van der Waals surface area contributed by atoms with Gasteiger partial charge in [-0.05, 0) is 12.8 Å². The van der Waals surface area contributed by atoms with E-state index in [0.717, 1.165) is 6.54 Å². The van der Waals surface area contributed by atoms with Gasteiger partial charge in [0.2, 0.25) is 0 Å². The number of unbranched alkanes of at least 4 members (excludes halogenated alkanes) is 15. The standard InChI is InChI=1S/C20H43NO.ClH/c1-2-3-4-5-6-7-8-9-10-11-12-13-14-15-16-17-18-21-19-20-22;/h21-22H,2-20H2,1H3;1H. The number of aliphatic hydroxyl groups excluding tert-OH is 1. The molecule has 0 bridgehead atoms. The van der Waals surface area contributed by atoms with Crippen LogP contribution >= 0.6 is 0 Å². The van der Waals surface area contributed by atoms with E-state index in [1.165, 1.54) is 109 Å². The van der Waals surface area contributed by atoms with Crippen molar-refractivity contribution in [3.05, 3.63) is 0 Å². The molecular formula is C20H44ClNO. The third-order valence-electron chi connectivity index (χ3n) is 4.60. The molecule has 0 aliphatic carbocycles. The molecule has 0 atom stereocenters. The highest BCUT2D eigenvalue weighted by Gasteiger charge is 1.95. The topological polar surface area (TPSA) is 36.8 Å². The van der Waals surface area contributed by atoms with Gasteiger partial charge in [-0.25, -0.2) is 0 Å². The monoisotopic (exact) mass is 349 g/mol. The lowest BCUT2D eigenvalue weighted by atomic mass is 10.0. The summed E-state index contributed by atoms with van der Waals surface area (Å²) in [5, 5.41) is 10.9. The summed E-state index contributed by atoms with van der Waals surface area (Å²) in [7, 11) is 0. The SMILES string of the molecule is CCCCCCCCCCCCCCCCCC[NH2+]CCO.[Cl-]. The third-order valence-corrected chi connectivity index (χ3v) is 4.60. The first-order valence-electron chi connectivity index (χ1n) is 10.3. The summed E-state index contributed by atoms with van der Waals surface area (Å²) in [4.78, 5) is 0. The van der Waals surface area contributed by atoms with Crippen LogP contribution in [-0.2, 0) is 0 Å². The van der Waals surface area contributed by atoms with Crippen molar-refractivity contribution in [2.45, 2.75) is 110 Å². The molecule has 3 heteroatoms. The summed E-state index contributed by atoms with van der Waals surface area (Å²) < 4.78 is 0. The maximum absolute atomic E-state index is 8.67. The zero-order chi connectivity index (χ0) is 16.1. The van der Waals surface area contributed by atoms with Crippen LogP contribution in [0.4, 0.5) is 0 Å². The van der Waals surface area contributed by atoms with Crippen LogP contribution in [0.1, 0.15) is 110 Å². The van der Waals surface area contributed by atoms with Crippen molar-refractivity contribution in [2.24, 2.45) is 0 Å². The molecule has 0 aromatic rings. The number of hydrogen-bond acceptors (Lipinski definition) is 1. The summed E-state index contributed by atoms with van der Waals surface area (Å²) in [6, 6.07) is 0. The molecule has 0 heterocycles. The summed E-state index contributed by atoms with van der Waals surface area (Å²) in [6.45, 7) is 4.68. The summed E-state index contributed by atoms with van der Waals surface area (Å²) in [6.07, 6.45) is 22.9. The molecule has 0 aromatic heterocycles. The minimum Gasteiger partial charge on any atom is -1.00 e. The van der Waals surface area contributed by atoms with E-state index < -0.39 is 0 Å². The molecule has 0 spiro atoms. The van der Waals surface area contributed by atoms with E-state index in [9.17, 15) is 0 Å². The van der Waals surface area contributed by atoms with Gasteiger partial charge in [-0.1, -0.05) is 96.8 Å². The van der Waals surface area contributed by atoms with E-state index in [1.54, 1.807) is 0 Å². The highest BCUT2D eigenvalue weighted by molar-refractivity contribution is 4.49. The second-order valence-electron chi connectivity index (χ2n) is 6.89. The number of halogens is 1. The lowest BCUT2D eigenvalue weighted by Crippen LogP contribution is -3.00. The molecule has 0 saturated carbocycles. The van der Waals surface area contributed by atoms with E-state index in [2.05, 4.69) is 12.2 Å². The molecule has 0 unspecified atom stereocenters. The number of aliphatic hydroxyl groups is 1. The Morgan fingerprint density at radius 1 is 0.522 bits per heavy atom. The molecule has 0 aromatic carbocycles. The van der Waals surface area contributed by atoms with Gasteiger partial charge in [0, 0.05) is 0 Å². The van der Waals surface area contributed by atoms with Crippen molar-refractivity contribution in [3.8, 4) is 0 Å². The van der Waals surface area contributed by atoms with Crippen molar-refractivity contribution < 1.29 is 22.8 Å². The highest BCUT2D eigenvalue weighted by atomic mass is 35.5. The lowest BCUT2D eigenvalue weighted by Gasteiger charge is -2.03. The van der Waals surface area contributed by atoms with Crippen molar-refractivity contribution in [2.75, 3.05) is 19.7 Å². The Bertz CT molecular complexity index is 170. The van der Waals surface area contributed by atoms with Gasteiger partial charge in [0.1, 0.15) is 0 Å². The Labute approximate surface area is 152 Å². The van der Waals surface area contributed by atoms with Gasteiger partial charge in [0.25, 0.3) is 0 Å². The first-order chi connectivity index (χ1) is 10.9. The minimum absolute atomic E-state index is 0. The van der Waals surface area contributed by atoms with E-state index in [4.69, 9.17) is 5.11 Å². The molecule has 0 aliphatic rings. The first-order valence-corrected chi connectivity index (χ1v) is 10.3. The van der Waals surface area contributed by atoms with Crippen molar-refractivity contribution in [1.29, 1.82) is 0 Å². The normalized spacial score (nSPS) is 10.7. The van der Waals surface area contributed by atoms with Crippen LogP contribution in [0.15, 0.2) is 0 Å². The maximum atomic E-state index is 8.67. The fraction of sp³-hybridized carbons (Fsp3) is 1.00. The van der Waals surface area contributed by atoms with Crippen LogP contribution in [0.2, 0.25) is 0 Å². The summed E-state index contributed by atoms with van der Waals surface area (Å²) in [5.74, 6) is 0. The first kappa shape index (κ1) is 25.5. The molecule has 0 radical (unpaired) electrons. The number of nitrogens with two attached hydrogens (primary N) is 1. The Morgan fingerprint density at radius 3 is 1.22 bits per heavy atom. The second-order valence-corrected chi connectivity index (χ2v) is 6.89. The summed E-state index contributed by atoms with van der Waals surface area (Å²) in [5.41, 5.74) is 0. The molecule has 0 rings (SSSR count). The number of hydrogen-bond donors (Lipinski definition) is 2. The van der Waals surface area contributed by atoms with Gasteiger partial charge in [-0.3, -0.25) is 0 Å². The van der Waals surface area contributed by atoms with Crippen molar-refractivity contribution in [3.63, 3.8) is 0 Å². The van der Waals surface area contributed by atoms with Gasteiger partial charge in [0.15, 0.2) is 0 Å². The van der Waals surface area contributed by atoms with Crippen molar-refractivity contribution in [1.82, 2.24) is 0 Å². The highest BCUT2D eigenvalue weighted by Crippen LogP contribution is 2.13. The maximum Gasteiger partial charge on any atom is 0.0990 e. The average molecular weight is 350 g/mol. The van der Waals surface area contributed by atoms with Crippen LogP contribution in [0.25, 0.3) is 0 Å². The zero-order valence-electron chi connectivity index (χ0n) is 15.8. The predicted octanol–water partition coefficient (Wildman–Crippen LogP) is 1.81. The number of quaternary nitrogens is 1. The van der Waals surface area contributed by atoms with Crippen LogP contribution in [0.3, 0.4) is 0 Å². The molecule has 0 fully saturated rings.